The summed E-state index contributed by atoms with van der Waals surface area (Å²) < 4.78 is 20.6. The third kappa shape index (κ3) is 5.63. The fourth-order valence-corrected chi connectivity index (χ4v) is 3.83. The van der Waals surface area contributed by atoms with Crippen molar-refractivity contribution >= 4 is 62.4 Å². The van der Waals surface area contributed by atoms with Crippen molar-refractivity contribution in [2.45, 2.75) is 42.8 Å². The van der Waals surface area contributed by atoms with Crippen LogP contribution in [0.1, 0.15) is 19.3 Å². The highest BCUT2D eigenvalue weighted by Gasteiger charge is 2.26. The van der Waals surface area contributed by atoms with Crippen molar-refractivity contribution in [1.29, 1.82) is 0 Å². The van der Waals surface area contributed by atoms with Gasteiger partial charge in [-0.15, -0.1) is 45.7 Å². The molecule has 0 saturated carbocycles. The Bertz CT molecular complexity index is 881. The molecular weight excluding hydrogens is 517 g/mol. The minimum Gasteiger partial charge on any atom is -0.380 e. The summed E-state index contributed by atoms with van der Waals surface area (Å²) in [6, 6.07) is 2.71. The summed E-state index contributed by atoms with van der Waals surface area (Å²) in [7, 11) is 1.65. The zero-order valence-corrected chi connectivity index (χ0v) is 19.9. The number of Topliss-reactive ketones (excluding diaryl/α,β-unsaturated/α-hetero) is 1. The average molecular weight is 541 g/mol. The molecule has 1 aromatic heterocycles. The molecule has 6 nitrogen and oxygen atoms in total. The van der Waals surface area contributed by atoms with Crippen LogP contribution in [0, 0.1) is 5.82 Å². The fourth-order valence-electron chi connectivity index (χ4n) is 3.34. The predicted octanol–water partition coefficient (Wildman–Crippen LogP) is 3.14. The highest BCUT2D eigenvalue weighted by Crippen LogP contribution is 2.22. The Morgan fingerprint density at radius 1 is 1.43 bits per heavy atom. The van der Waals surface area contributed by atoms with Crippen molar-refractivity contribution < 1.29 is 13.9 Å². The molecule has 0 bridgehead atoms. The van der Waals surface area contributed by atoms with Gasteiger partial charge in [-0.2, -0.15) is 0 Å². The first-order valence-corrected chi connectivity index (χ1v) is 9.76. The van der Waals surface area contributed by atoms with Crippen LogP contribution in [-0.4, -0.2) is 47.4 Å². The number of halogens is 3. The Hall–Kier alpha value is -0.810. The second-order valence-corrected chi connectivity index (χ2v) is 7.25. The van der Waals surface area contributed by atoms with Gasteiger partial charge < -0.3 is 10.1 Å². The second-order valence-electron chi connectivity index (χ2n) is 6.40. The van der Waals surface area contributed by atoms with E-state index in [-0.39, 0.29) is 64.0 Å². The summed E-state index contributed by atoms with van der Waals surface area (Å²) in [6.45, 7) is 0.806. The number of aromatic nitrogens is 2. The lowest BCUT2D eigenvalue weighted by molar-refractivity contribution is -0.121. The van der Waals surface area contributed by atoms with Crippen molar-refractivity contribution in [1.82, 2.24) is 14.9 Å². The van der Waals surface area contributed by atoms with Gasteiger partial charge in [-0.05, 0) is 31.7 Å². The number of carbonyl (C=O) groups is 1. The predicted molar refractivity (Wildman–Crippen MR) is 120 cm³/mol. The maximum atomic E-state index is 13.9. The van der Waals surface area contributed by atoms with E-state index in [0.717, 1.165) is 19.4 Å². The number of thioether (sulfide) groups is 1. The van der Waals surface area contributed by atoms with E-state index in [0.29, 0.717) is 22.2 Å². The van der Waals surface area contributed by atoms with E-state index in [2.05, 4.69) is 10.3 Å². The standard InChI is InChI=1S/C18H22FN3O3S.2BrH/c1-25-16-4-3-5-20-15(16)6-11(23)9-22-10-21-14-8-13(19)17(26-2)7-12(14)18(22)24;;/h7-8,10,15-16,20H,3-6,9H2,1-2H3;2*1H. The number of hydrogen-bond donors (Lipinski definition) is 1. The number of methoxy groups -OCH3 is 1. The summed E-state index contributed by atoms with van der Waals surface area (Å²) >= 11 is 1.22. The lowest BCUT2D eigenvalue weighted by atomic mass is 9.96. The first kappa shape index (κ1) is 25.2. The van der Waals surface area contributed by atoms with Crippen LogP contribution in [0.15, 0.2) is 28.2 Å². The normalized spacial score (nSPS) is 19.0. The maximum Gasteiger partial charge on any atom is 0.261 e. The maximum absolute atomic E-state index is 13.9. The number of ether oxygens (including phenoxy) is 1. The van der Waals surface area contributed by atoms with E-state index in [9.17, 15) is 14.0 Å². The van der Waals surface area contributed by atoms with E-state index >= 15 is 0 Å². The van der Waals surface area contributed by atoms with Gasteiger partial charge >= 0.3 is 0 Å². The van der Waals surface area contributed by atoms with E-state index in [4.69, 9.17) is 4.74 Å². The molecule has 2 heterocycles. The minimum absolute atomic E-state index is 0. The SMILES string of the molecule is Br.Br.COC1CCCNC1CC(=O)Cn1cnc2cc(F)c(SC)cc2c1=O. The largest absolute Gasteiger partial charge is 0.380 e. The van der Waals surface area contributed by atoms with Crippen molar-refractivity contribution in [2.75, 3.05) is 19.9 Å². The van der Waals surface area contributed by atoms with Gasteiger partial charge in [-0.3, -0.25) is 14.2 Å². The lowest BCUT2D eigenvalue weighted by Crippen LogP contribution is -2.47. The lowest BCUT2D eigenvalue weighted by Gasteiger charge is -2.31. The van der Waals surface area contributed by atoms with Crippen LogP contribution < -0.4 is 10.9 Å². The van der Waals surface area contributed by atoms with Crippen molar-refractivity contribution in [3.05, 3.63) is 34.6 Å². The molecule has 28 heavy (non-hydrogen) atoms. The molecule has 3 rings (SSSR count). The molecule has 0 radical (unpaired) electrons. The number of fused-ring (bicyclic) bond motifs is 1. The molecule has 156 valence electrons. The Balaban J connectivity index is 0.00000196. The number of piperidine rings is 1. The van der Waals surface area contributed by atoms with Gasteiger partial charge in [0.15, 0.2) is 5.78 Å². The minimum atomic E-state index is -0.403. The number of carbonyl (C=O) groups excluding carboxylic acids is 1. The van der Waals surface area contributed by atoms with Crippen molar-refractivity contribution in [3.63, 3.8) is 0 Å². The van der Waals surface area contributed by atoms with Crippen molar-refractivity contribution in [2.24, 2.45) is 0 Å². The Morgan fingerprint density at radius 2 is 2.18 bits per heavy atom. The molecule has 1 aliphatic heterocycles. The molecule has 0 aliphatic carbocycles. The van der Waals surface area contributed by atoms with Crippen LogP contribution >= 0.6 is 45.7 Å². The van der Waals surface area contributed by atoms with Crippen LogP contribution in [0.4, 0.5) is 4.39 Å². The molecule has 2 atom stereocenters. The van der Waals surface area contributed by atoms with Crippen molar-refractivity contribution in [3.8, 4) is 0 Å². The molecule has 0 spiro atoms. The average Bonchev–Trinajstić information content (AvgIpc) is 2.64. The molecule has 1 saturated heterocycles. The van der Waals surface area contributed by atoms with E-state index in [1.807, 2.05) is 0 Å². The van der Waals surface area contributed by atoms with Crippen LogP contribution in [0.5, 0.6) is 0 Å². The Kier molecular flexibility index (Phi) is 10.3. The molecular formula is C18H24Br2FN3O3S. The van der Waals surface area contributed by atoms with E-state index in [1.54, 1.807) is 13.4 Å². The Morgan fingerprint density at radius 3 is 2.86 bits per heavy atom. The number of benzene rings is 1. The van der Waals surface area contributed by atoms with Gasteiger partial charge in [0.2, 0.25) is 0 Å². The molecule has 1 aromatic carbocycles. The van der Waals surface area contributed by atoms with E-state index < -0.39 is 5.82 Å². The molecule has 1 N–H and O–H groups in total. The summed E-state index contributed by atoms with van der Waals surface area (Å²) in [4.78, 5) is 29.6. The van der Waals surface area contributed by atoms with Gasteiger partial charge in [0.1, 0.15) is 5.82 Å². The van der Waals surface area contributed by atoms with Gasteiger partial charge in [-0.1, -0.05) is 0 Å². The number of ketones is 1. The van der Waals surface area contributed by atoms with Gasteiger partial charge in [-0.25, -0.2) is 9.37 Å². The summed E-state index contributed by atoms with van der Waals surface area (Å²) in [5.74, 6) is -0.471. The molecule has 10 heteroatoms. The Labute approximate surface area is 188 Å². The summed E-state index contributed by atoms with van der Waals surface area (Å²) in [5, 5.41) is 3.63. The fraction of sp³-hybridized carbons (Fsp3) is 0.500. The molecule has 2 unspecified atom stereocenters. The van der Waals surface area contributed by atoms with Crippen LogP contribution in [0.2, 0.25) is 0 Å². The quantitative estimate of drug-likeness (QED) is 0.567. The molecule has 2 aromatic rings. The summed E-state index contributed by atoms with van der Waals surface area (Å²) in [6.07, 6.45) is 5.29. The van der Waals surface area contributed by atoms with Crippen LogP contribution in [0.25, 0.3) is 10.9 Å². The van der Waals surface area contributed by atoms with Crippen LogP contribution in [-0.2, 0) is 16.1 Å². The highest BCUT2D eigenvalue weighted by molar-refractivity contribution is 8.93. The third-order valence-corrected chi connectivity index (χ3v) is 5.47. The topological polar surface area (TPSA) is 73.2 Å². The van der Waals surface area contributed by atoms with Gasteiger partial charge in [0, 0.05) is 30.5 Å². The zero-order chi connectivity index (χ0) is 18.7. The molecule has 1 aliphatic rings. The third-order valence-electron chi connectivity index (χ3n) is 4.72. The smallest absolute Gasteiger partial charge is 0.261 e. The second kappa shape index (κ2) is 11.4. The molecule has 1 fully saturated rings. The monoisotopic (exact) mass is 539 g/mol. The first-order chi connectivity index (χ1) is 12.5. The molecule has 0 amide bonds. The summed E-state index contributed by atoms with van der Waals surface area (Å²) in [5.41, 5.74) is -0.0408. The van der Waals surface area contributed by atoms with Gasteiger partial charge in [0.05, 0.1) is 29.9 Å². The van der Waals surface area contributed by atoms with Crippen LogP contribution in [0.3, 0.4) is 0 Å². The first-order valence-electron chi connectivity index (χ1n) is 8.54. The number of hydrogen-bond acceptors (Lipinski definition) is 6. The van der Waals surface area contributed by atoms with E-state index in [1.165, 1.54) is 34.8 Å². The number of rotatable bonds is 6. The highest BCUT2D eigenvalue weighted by atomic mass is 79.9. The van der Waals surface area contributed by atoms with Gasteiger partial charge in [0.25, 0.3) is 5.56 Å². The number of nitrogens with zero attached hydrogens (tertiary/aromatic N) is 2. The number of nitrogens with one attached hydrogen (secondary N) is 1. The zero-order valence-electron chi connectivity index (χ0n) is 15.6.